The molecule has 3 N–H and O–H groups in total. The summed E-state index contributed by atoms with van der Waals surface area (Å²) in [7, 11) is 1.98. The van der Waals surface area contributed by atoms with E-state index in [1.807, 2.05) is 31.3 Å². The Morgan fingerprint density at radius 3 is 2.29 bits per heavy atom. The third-order valence-electron chi connectivity index (χ3n) is 3.03. The molecule has 2 rings (SSSR count). The average Bonchev–Trinajstić information content (AvgIpc) is 2.39. The summed E-state index contributed by atoms with van der Waals surface area (Å²) in [6.07, 6.45) is 0.910. The van der Waals surface area contributed by atoms with E-state index >= 15 is 0 Å². The monoisotopic (exact) mass is 226 g/mol. The predicted molar refractivity (Wildman–Crippen MR) is 72.8 cm³/mol. The van der Waals surface area contributed by atoms with Gasteiger partial charge >= 0.3 is 0 Å². The first kappa shape index (κ1) is 11.7. The summed E-state index contributed by atoms with van der Waals surface area (Å²) in [6.45, 7) is 0. The average molecular weight is 226 g/mol. The van der Waals surface area contributed by atoms with E-state index in [1.165, 1.54) is 11.1 Å². The SMILES string of the molecule is CN[C@@H](Cc1ccccc1N)c1ccccc1. The Bertz CT molecular complexity index is 465. The zero-order valence-electron chi connectivity index (χ0n) is 10.1. The third kappa shape index (κ3) is 2.86. The lowest BCUT2D eigenvalue weighted by atomic mass is 9.98. The number of nitrogens with two attached hydrogens (primary N) is 1. The van der Waals surface area contributed by atoms with E-state index in [4.69, 9.17) is 5.73 Å². The minimum atomic E-state index is 0.306. The Morgan fingerprint density at radius 1 is 1.00 bits per heavy atom. The van der Waals surface area contributed by atoms with Gasteiger partial charge in [0.05, 0.1) is 0 Å². The number of nitrogens with one attached hydrogen (secondary N) is 1. The van der Waals surface area contributed by atoms with Crippen molar-refractivity contribution in [2.24, 2.45) is 0 Å². The molecule has 0 aliphatic heterocycles. The number of rotatable bonds is 4. The van der Waals surface area contributed by atoms with Crippen LogP contribution >= 0.6 is 0 Å². The van der Waals surface area contributed by atoms with Crippen molar-refractivity contribution in [3.05, 3.63) is 65.7 Å². The van der Waals surface area contributed by atoms with Crippen molar-refractivity contribution in [3.8, 4) is 0 Å². The largest absolute Gasteiger partial charge is 0.399 e. The van der Waals surface area contributed by atoms with E-state index in [9.17, 15) is 0 Å². The molecule has 2 aromatic rings. The minimum Gasteiger partial charge on any atom is -0.399 e. The topological polar surface area (TPSA) is 38.0 Å². The quantitative estimate of drug-likeness (QED) is 0.787. The first-order valence-corrected chi connectivity index (χ1v) is 5.87. The van der Waals surface area contributed by atoms with Crippen LogP contribution in [0.2, 0.25) is 0 Å². The minimum absolute atomic E-state index is 0.306. The molecule has 0 saturated carbocycles. The highest BCUT2D eigenvalue weighted by molar-refractivity contribution is 5.47. The number of likely N-dealkylation sites (N-methyl/N-ethyl adjacent to an activating group) is 1. The van der Waals surface area contributed by atoms with Gasteiger partial charge in [0.15, 0.2) is 0 Å². The van der Waals surface area contributed by atoms with Gasteiger partial charge in [-0.2, -0.15) is 0 Å². The molecule has 0 unspecified atom stereocenters. The van der Waals surface area contributed by atoms with Gasteiger partial charge in [0, 0.05) is 11.7 Å². The van der Waals surface area contributed by atoms with Gasteiger partial charge in [-0.25, -0.2) is 0 Å². The maximum atomic E-state index is 5.97. The second-order valence-corrected chi connectivity index (χ2v) is 4.15. The van der Waals surface area contributed by atoms with Gasteiger partial charge < -0.3 is 11.1 Å². The van der Waals surface area contributed by atoms with Crippen LogP contribution in [-0.2, 0) is 6.42 Å². The number of nitrogen functional groups attached to an aromatic ring is 1. The van der Waals surface area contributed by atoms with E-state index < -0.39 is 0 Å². The lowest BCUT2D eigenvalue weighted by Gasteiger charge is -2.17. The molecule has 88 valence electrons. The first-order chi connectivity index (χ1) is 8.31. The standard InChI is InChI=1S/C15H18N2/c1-17-15(12-7-3-2-4-8-12)11-13-9-5-6-10-14(13)16/h2-10,15,17H,11,16H2,1H3/t15-/m0/s1. The van der Waals surface area contributed by atoms with Crippen LogP contribution in [0.15, 0.2) is 54.6 Å². The summed E-state index contributed by atoms with van der Waals surface area (Å²) in [5, 5.41) is 3.34. The van der Waals surface area contributed by atoms with Gasteiger partial charge in [0.1, 0.15) is 0 Å². The van der Waals surface area contributed by atoms with Crippen LogP contribution in [0.1, 0.15) is 17.2 Å². The van der Waals surface area contributed by atoms with E-state index in [1.54, 1.807) is 0 Å². The van der Waals surface area contributed by atoms with Gasteiger partial charge in [-0.1, -0.05) is 48.5 Å². The summed E-state index contributed by atoms with van der Waals surface area (Å²) in [5.74, 6) is 0. The normalized spacial score (nSPS) is 12.3. The third-order valence-corrected chi connectivity index (χ3v) is 3.03. The second kappa shape index (κ2) is 5.51. The molecule has 2 aromatic carbocycles. The summed E-state index contributed by atoms with van der Waals surface area (Å²) in [6, 6.07) is 18.8. The van der Waals surface area contributed by atoms with E-state index in [0.717, 1.165) is 12.1 Å². The number of benzene rings is 2. The van der Waals surface area contributed by atoms with Crippen LogP contribution in [0, 0.1) is 0 Å². The zero-order chi connectivity index (χ0) is 12.1. The molecule has 0 spiro atoms. The summed E-state index contributed by atoms with van der Waals surface area (Å²) in [5.41, 5.74) is 9.32. The van der Waals surface area contributed by atoms with Crippen LogP contribution in [-0.4, -0.2) is 7.05 Å². The summed E-state index contributed by atoms with van der Waals surface area (Å²) in [4.78, 5) is 0. The number of anilines is 1. The van der Waals surface area contributed by atoms with Crippen molar-refractivity contribution in [1.29, 1.82) is 0 Å². The lowest BCUT2D eigenvalue weighted by molar-refractivity contribution is 0.593. The van der Waals surface area contributed by atoms with Crippen molar-refractivity contribution in [2.75, 3.05) is 12.8 Å². The van der Waals surface area contributed by atoms with E-state index in [-0.39, 0.29) is 0 Å². The molecule has 0 aromatic heterocycles. The van der Waals surface area contributed by atoms with Gasteiger partial charge in [-0.15, -0.1) is 0 Å². The van der Waals surface area contributed by atoms with Crippen molar-refractivity contribution in [3.63, 3.8) is 0 Å². The fraction of sp³-hybridized carbons (Fsp3) is 0.200. The molecule has 17 heavy (non-hydrogen) atoms. The number of hydrogen-bond donors (Lipinski definition) is 2. The van der Waals surface area contributed by atoms with Crippen molar-refractivity contribution in [2.45, 2.75) is 12.5 Å². The second-order valence-electron chi connectivity index (χ2n) is 4.15. The fourth-order valence-corrected chi connectivity index (χ4v) is 2.01. The predicted octanol–water partition coefficient (Wildman–Crippen LogP) is 2.77. The van der Waals surface area contributed by atoms with Crippen LogP contribution in [0.5, 0.6) is 0 Å². The maximum absolute atomic E-state index is 5.97. The van der Waals surface area contributed by atoms with E-state index in [2.05, 4.69) is 35.6 Å². The molecule has 0 bridgehead atoms. The Labute approximate surface area is 102 Å². The molecular weight excluding hydrogens is 208 g/mol. The molecule has 0 aliphatic carbocycles. The summed E-state index contributed by atoms with van der Waals surface area (Å²) >= 11 is 0. The van der Waals surface area contributed by atoms with Crippen molar-refractivity contribution in [1.82, 2.24) is 5.32 Å². The highest BCUT2D eigenvalue weighted by atomic mass is 14.9. The van der Waals surface area contributed by atoms with Gasteiger partial charge in [-0.3, -0.25) is 0 Å². The Balaban J connectivity index is 2.19. The van der Waals surface area contributed by atoms with Crippen LogP contribution in [0.25, 0.3) is 0 Å². The Hall–Kier alpha value is -1.80. The fourth-order valence-electron chi connectivity index (χ4n) is 2.01. The molecule has 2 nitrogen and oxygen atoms in total. The molecule has 0 fully saturated rings. The van der Waals surface area contributed by atoms with Crippen molar-refractivity contribution < 1.29 is 0 Å². The molecule has 0 amide bonds. The summed E-state index contributed by atoms with van der Waals surface area (Å²) < 4.78 is 0. The number of hydrogen-bond acceptors (Lipinski definition) is 2. The molecule has 1 atom stereocenters. The van der Waals surface area contributed by atoms with Crippen LogP contribution in [0.3, 0.4) is 0 Å². The van der Waals surface area contributed by atoms with Crippen LogP contribution < -0.4 is 11.1 Å². The molecule has 2 heteroatoms. The highest BCUT2D eigenvalue weighted by Crippen LogP contribution is 2.21. The molecular formula is C15H18N2. The van der Waals surface area contributed by atoms with Gasteiger partial charge in [0.25, 0.3) is 0 Å². The highest BCUT2D eigenvalue weighted by Gasteiger charge is 2.10. The van der Waals surface area contributed by atoms with Crippen LogP contribution in [0.4, 0.5) is 5.69 Å². The van der Waals surface area contributed by atoms with Gasteiger partial charge in [0.2, 0.25) is 0 Å². The maximum Gasteiger partial charge on any atom is 0.0359 e. The van der Waals surface area contributed by atoms with Gasteiger partial charge in [-0.05, 0) is 30.7 Å². The molecule has 0 heterocycles. The van der Waals surface area contributed by atoms with Crippen molar-refractivity contribution >= 4 is 5.69 Å². The lowest BCUT2D eigenvalue weighted by Crippen LogP contribution is -2.19. The first-order valence-electron chi connectivity index (χ1n) is 5.87. The Kier molecular flexibility index (Phi) is 3.78. The molecule has 0 saturated heterocycles. The molecule has 0 radical (unpaired) electrons. The molecule has 0 aliphatic rings. The number of para-hydroxylation sites is 1. The smallest absolute Gasteiger partial charge is 0.0359 e. The Morgan fingerprint density at radius 2 is 1.65 bits per heavy atom. The zero-order valence-corrected chi connectivity index (χ0v) is 10.1. The van der Waals surface area contributed by atoms with E-state index in [0.29, 0.717) is 6.04 Å².